The molecule has 1 aliphatic heterocycles. The highest BCUT2D eigenvalue weighted by molar-refractivity contribution is 5.80. The molecule has 0 saturated carbocycles. The number of amides is 1. The average molecular weight is 287 g/mol. The Bertz CT molecular complexity index is 547. The fourth-order valence-corrected chi connectivity index (χ4v) is 3.28. The number of β-amino-alcohol motifs (C(OH)–C–C–N with tert-alkyl or cyclic N) is 1. The van der Waals surface area contributed by atoms with Crippen molar-refractivity contribution in [2.75, 3.05) is 13.7 Å². The van der Waals surface area contributed by atoms with Crippen molar-refractivity contribution in [2.24, 2.45) is 5.92 Å². The zero-order valence-electron chi connectivity index (χ0n) is 12.2. The summed E-state index contributed by atoms with van der Waals surface area (Å²) in [5.74, 6) is 0.983. The quantitative estimate of drug-likeness (QED) is 0.868. The third kappa shape index (κ3) is 2.81. The molecule has 2 atom stereocenters. The number of rotatable bonds is 3. The van der Waals surface area contributed by atoms with E-state index in [-0.39, 0.29) is 17.9 Å². The summed E-state index contributed by atoms with van der Waals surface area (Å²) in [6.45, 7) is 0.428. The summed E-state index contributed by atoms with van der Waals surface area (Å²) in [5.41, 5.74) is 1.03. The second kappa shape index (κ2) is 5.90. The molecule has 4 nitrogen and oxygen atoms in total. The second-order valence-corrected chi connectivity index (χ2v) is 5.81. The minimum atomic E-state index is -0.445. The van der Waals surface area contributed by atoms with Crippen molar-refractivity contribution in [1.82, 2.24) is 4.90 Å². The Morgan fingerprint density at radius 2 is 2.10 bits per heavy atom. The Kier molecular flexibility index (Phi) is 3.97. The van der Waals surface area contributed by atoms with Crippen LogP contribution in [-0.4, -0.2) is 35.7 Å². The molecule has 1 aliphatic carbocycles. The molecule has 4 heteroatoms. The second-order valence-electron chi connectivity index (χ2n) is 5.81. The van der Waals surface area contributed by atoms with E-state index < -0.39 is 6.10 Å². The first kappa shape index (κ1) is 14.1. The highest BCUT2D eigenvalue weighted by Crippen LogP contribution is 2.36. The predicted molar refractivity (Wildman–Crippen MR) is 79.9 cm³/mol. The zero-order chi connectivity index (χ0) is 14.8. The van der Waals surface area contributed by atoms with Crippen molar-refractivity contribution in [3.8, 4) is 5.75 Å². The summed E-state index contributed by atoms with van der Waals surface area (Å²) in [7, 11) is 1.63. The number of benzene rings is 1. The molecule has 0 unspecified atom stereocenters. The van der Waals surface area contributed by atoms with Gasteiger partial charge in [0.2, 0.25) is 5.91 Å². The first-order valence-corrected chi connectivity index (χ1v) is 7.46. The minimum absolute atomic E-state index is 0.0448. The fourth-order valence-electron chi connectivity index (χ4n) is 3.28. The normalized spacial score (nSPS) is 25.5. The number of hydrogen-bond donors (Lipinski definition) is 1. The molecule has 21 heavy (non-hydrogen) atoms. The average Bonchev–Trinajstić information content (AvgIpc) is 3.16. The van der Waals surface area contributed by atoms with Gasteiger partial charge in [-0.1, -0.05) is 24.3 Å². The van der Waals surface area contributed by atoms with Crippen LogP contribution in [0.5, 0.6) is 5.75 Å². The van der Waals surface area contributed by atoms with Gasteiger partial charge in [-0.2, -0.15) is 0 Å². The highest BCUT2D eigenvalue weighted by Gasteiger charge is 2.38. The van der Waals surface area contributed by atoms with Gasteiger partial charge >= 0.3 is 0 Å². The van der Waals surface area contributed by atoms with E-state index in [0.29, 0.717) is 13.0 Å². The molecule has 1 amide bonds. The molecule has 3 rings (SSSR count). The van der Waals surface area contributed by atoms with Crippen LogP contribution in [0.2, 0.25) is 0 Å². The number of likely N-dealkylation sites (tertiary alicyclic amines) is 1. The molecule has 112 valence electrons. The van der Waals surface area contributed by atoms with Crippen molar-refractivity contribution < 1.29 is 14.6 Å². The molecule has 1 N–H and O–H groups in total. The van der Waals surface area contributed by atoms with Gasteiger partial charge in [-0.3, -0.25) is 4.79 Å². The number of hydrogen-bond acceptors (Lipinski definition) is 3. The monoisotopic (exact) mass is 287 g/mol. The lowest BCUT2D eigenvalue weighted by molar-refractivity contribution is -0.136. The van der Waals surface area contributed by atoms with Crippen LogP contribution < -0.4 is 4.74 Å². The molecule has 0 aromatic heterocycles. The van der Waals surface area contributed by atoms with Gasteiger partial charge in [-0.25, -0.2) is 0 Å². The van der Waals surface area contributed by atoms with Gasteiger partial charge in [-0.05, 0) is 37.0 Å². The number of nitrogens with zero attached hydrogens (tertiary/aromatic N) is 1. The molecule has 0 radical (unpaired) electrons. The van der Waals surface area contributed by atoms with Gasteiger partial charge in [-0.15, -0.1) is 0 Å². The van der Waals surface area contributed by atoms with E-state index in [0.717, 1.165) is 24.2 Å². The van der Waals surface area contributed by atoms with E-state index in [2.05, 4.69) is 12.2 Å². The van der Waals surface area contributed by atoms with Gasteiger partial charge in [0.15, 0.2) is 0 Å². The first-order chi connectivity index (χ1) is 10.2. The van der Waals surface area contributed by atoms with Crippen LogP contribution in [0, 0.1) is 5.92 Å². The van der Waals surface area contributed by atoms with Crippen molar-refractivity contribution in [3.05, 3.63) is 42.0 Å². The summed E-state index contributed by atoms with van der Waals surface area (Å²) in [6.07, 6.45) is 5.91. The van der Waals surface area contributed by atoms with Gasteiger partial charge < -0.3 is 14.7 Å². The molecule has 0 bridgehead atoms. The molecular weight excluding hydrogens is 266 g/mol. The summed E-state index contributed by atoms with van der Waals surface area (Å²) >= 11 is 0. The number of carbonyl (C=O) groups excluding carboxylic acids is 1. The number of methoxy groups -OCH3 is 1. The third-order valence-corrected chi connectivity index (χ3v) is 4.40. The van der Waals surface area contributed by atoms with Crippen LogP contribution in [-0.2, 0) is 4.79 Å². The summed E-state index contributed by atoms with van der Waals surface area (Å²) in [6, 6.07) is 7.72. The van der Waals surface area contributed by atoms with Crippen LogP contribution in [0.15, 0.2) is 36.4 Å². The lowest BCUT2D eigenvalue weighted by Gasteiger charge is -2.27. The van der Waals surface area contributed by atoms with Crippen LogP contribution in [0.1, 0.15) is 30.9 Å². The van der Waals surface area contributed by atoms with E-state index in [9.17, 15) is 9.90 Å². The Labute approximate surface area is 125 Å². The third-order valence-electron chi connectivity index (χ3n) is 4.40. The lowest BCUT2D eigenvalue weighted by atomic mass is 10.0. The number of allylic oxidation sites excluding steroid dienone is 2. The van der Waals surface area contributed by atoms with Gasteiger partial charge in [0.25, 0.3) is 0 Å². The van der Waals surface area contributed by atoms with Gasteiger partial charge in [0, 0.05) is 12.5 Å². The molecule has 1 aromatic carbocycles. The van der Waals surface area contributed by atoms with Crippen LogP contribution in [0.25, 0.3) is 0 Å². The maximum Gasteiger partial charge on any atom is 0.226 e. The fraction of sp³-hybridized carbons (Fsp3) is 0.471. The number of aliphatic hydroxyl groups is 1. The maximum atomic E-state index is 12.7. The van der Waals surface area contributed by atoms with Gasteiger partial charge in [0.1, 0.15) is 5.75 Å². The summed E-state index contributed by atoms with van der Waals surface area (Å²) in [4.78, 5) is 14.5. The first-order valence-electron chi connectivity index (χ1n) is 7.46. The van der Waals surface area contributed by atoms with Crippen molar-refractivity contribution in [1.29, 1.82) is 0 Å². The molecule has 1 heterocycles. The van der Waals surface area contributed by atoms with Crippen molar-refractivity contribution >= 4 is 5.91 Å². The Hall–Kier alpha value is -1.81. The number of ether oxygens (including phenoxy) is 1. The SMILES string of the molecule is COc1cccc([C@@H]2C[C@@H](O)CN2C(=O)C2CC=CC2)c1. The minimum Gasteiger partial charge on any atom is -0.497 e. The smallest absolute Gasteiger partial charge is 0.226 e. The Morgan fingerprint density at radius 3 is 2.81 bits per heavy atom. The van der Waals surface area contributed by atoms with E-state index in [4.69, 9.17) is 4.74 Å². The van der Waals surface area contributed by atoms with Crippen molar-refractivity contribution in [3.63, 3.8) is 0 Å². The molecule has 2 aliphatic rings. The lowest BCUT2D eigenvalue weighted by Crippen LogP contribution is -2.35. The molecule has 1 saturated heterocycles. The standard InChI is InChI=1S/C17H21NO3/c1-21-15-8-4-7-13(9-15)16-10-14(19)11-18(16)17(20)12-5-2-3-6-12/h2-4,7-9,12,14,16,19H,5-6,10-11H2,1H3/t14-,16+/m1/s1. The van der Waals surface area contributed by atoms with Crippen LogP contribution >= 0.6 is 0 Å². The van der Waals surface area contributed by atoms with Crippen molar-refractivity contribution in [2.45, 2.75) is 31.4 Å². The predicted octanol–water partition coefficient (Wildman–Crippen LogP) is 2.30. The molecule has 0 spiro atoms. The maximum absolute atomic E-state index is 12.7. The molecule has 1 fully saturated rings. The van der Waals surface area contributed by atoms with Gasteiger partial charge in [0.05, 0.1) is 19.3 Å². The van der Waals surface area contributed by atoms with E-state index in [1.807, 2.05) is 29.2 Å². The van der Waals surface area contributed by atoms with E-state index >= 15 is 0 Å². The van der Waals surface area contributed by atoms with E-state index in [1.165, 1.54) is 0 Å². The highest BCUT2D eigenvalue weighted by atomic mass is 16.5. The largest absolute Gasteiger partial charge is 0.497 e. The van der Waals surface area contributed by atoms with Crippen LogP contribution in [0.4, 0.5) is 0 Å². The van der Waals surface area contributed by atoms with E-state index in [1.54, 1.807) is 7.11 Å². The molecule has 1 aromatic rings. The zero-order valence-corrected chi connectivity index (χ0v) is 12.2. The Balaban J connectivity index is 1.83. The summed E-state index contributed by atoms with van der Waals surface area (Å²) < 4.78 is 5.26. The topological polar surface area (TPSA) is 49.8 Å². The van der Waals surface area contributed by atoms with Crippen LogP contribution in [0.3, 0.4) is 0 Å². The summed E-state index contributed by atoms with van der Waals surface area (Å²) in [5, 5.41) is 10.0. The number of carbonyl (C=O) groups is 1. The Morgan fingerprint density at radius 1 is 1.33 bits per heavy atom. The molecular formula is C17H21NO3. The number of aliphatic hydroxyl groups excluding tert-OH is 1.